The van der Waals surface area contributed by atoms with E-state index in [0.29, 0.717) is 5.71 Å². The predicted octanol–water partition coefficient (Wildman–Crippen LogP) is 7.41. The Labute approximate surface area is 176 Å². The number of nitrogens with one attached hydrogen (secondary N) is 2. The molecule has 0 bridgehead atoms. The third-order valence-corrected chi connectivity index (χ3v) is 6.02. The summed E-state index contributed by atoms with van der Waals surface area (Å²) in [5.74, 6) is 0. The van der Waals surface area contributed by atoms with Gasteiger partial charge in [0.2, 0.25) is 0 Å². The van der Waals surface area contributed by atoms with Crippen molar-refractivity contribution in [2.24, 2.45) is 5.41 Å². The second kappa shape index (κ2) is 7.84. The van der Waals surface area contributed by atoms with E-state index < -0.39 is 0 Å². The highest BCUT2D eigenvalue weighted by molar-refractivity contribution is 7.13. The lowest BCUT2D eigenvalue weighted by Gasteiger charge is -2.22. The Bertz CT molecular complexity index is 1100. The number of hydrogen-bond acceptors (Lipinski definition) is 2. The van der Waals surface area contributed by atoms with Crippen LogP contribution in [0, 0.1) is 10.8 Å². The average molecular weight is 399 g/mol. The maximum atomic E-state index is 9.10. The van der Waals surface area contributed by atoms with E-state index in [1.165, 1.54) is 10.4 Å². The van der Waals surface area contributed by atoms with Crippen molar-refractivity contribution in [2.75, 3.05) is 0 Å². The number of benzene rings is 2. The van der Waals surface area contributed by atoms with Crippen LogP contribution in [0.1, 0.15) is 37.6 Å². The van der Waals surface area contributed by atoms with Gasteiger partial charge >= 0.3 is 0 Å². The van der Waals surface area contributed by atoms with E-state index in [1.807, 2.05) is 12.1 Å². The summed E-state index contributed by atoms with van der Waals surface area (Å²) in [6, 6.07) is 25.2. The van der Waals surface area contributed by atoms with Gasteiger partial charge in [-0.25, -0.2) is 0 Å². The first-order valence-corrected chi connectivity index (χ1v) is 10.8. The van der Waals surface area contributed by atoms with Gasteiger partial charge in [-0.2, -0.15) is 0 Å². The minimum absolute atomic E-state index is 0.246. The average Bonchev–Trinajstić information content (AvgIpc) is 3.36. The molecule has 0 spiro atoms. The lowest BCUT2D eigenvalue weighted by Crippen LogP contribution is -2.22. The molecule has 0 saturated heterocycles. The molecule has 2 N–H and O–H groups in total. The summed E-state index contributed by atoms with van der Waals surface area (Å²) in [6.07, 6.45) is 0.778. The van der Waals surface area contributed by atoms with Gasteiger partial charge in [0.05, 0.1) is 10.6 Å². The Morgan fingerprint density at radius 3 is 2.14 bits per heavy atom. The molecule has 2 heterocycles. The summed E-state index contributed by atoms with van der Waals surface area (Å²) in [5.41, 5.74) is 7.21. The predicted molar refractivity (Wildman–Crippen MR) is 125 cm³/mol. The normalized spacial score (nSPS) is 11.6. The number of thiophene rings is 1. The van der Waals surface area contributed by atoms with Crippen molar-refractivity contribution < 1.29 is 0 Å². The molecular formula is C26H26N2S. The van der Waals surface area contributed by atoms with E-state index in [0.717, 1.165) is 34.5 Å². The molecule has 0 unspecified atom stereocenters. The molecular weight excluding hydrogens is 372 g/mol. The van der Waals surface area contributed by atoms with Crippen molar-refractivity contribution in [3.05, 3.63) is 95.0 Å². The van der Waals surface area contributed by atoms with Gasteiger partial charge < -0.3 is 10.4 Å². The van der Waals surface area contributed by atoms with Crippen LogP contribution >= 0.6 is 11.3 Å². The quantitative estimate of drug-likeness (QED) is 0.328. The van der Waals surface area contributed by atoms with E-state index >= 15 is 0 Å². The molecule has 146 valence electrons. The van der Waals surface area contributed by atoms with Gasteiger partial charge in [-0.05, 0) is 22.6 Å². The second-order valence-electron chi connectivity index (χ2n) is 8.36. The van der Waals surface area contributed by atoms with Crippen molar-refractivity contribution in [2.45, 2.75) is 27.2 Å². The van der Waals surface area contributed by atoms with Gasteiger partial charge in [-0.3, -0.25) is 0 Å². The molecule has 0 saturated carbocycles. The number of aromatic amines is 1. The topological polar surface area (TPSA) is 39.6 Å². The highest BCUT2D eigenvalue weighted by atomic mass is 32.1. The van der Waals surface area contributed by atoms with Crippen LogP contribution in [-0.4, -0.2) is 10.7 Å². The standard InChI is InChI=1S/C26H26N2S/c1-26(2,3)25(27)23-20(17-18-11-6-4-7-12-18)28-24(21-15-10-16-29-21)22(23)19-13-8-5-9-14-19/h4-16,27-28H,17H2,1-3H3. The molecule has 3 heteroatoms. The number of aromatic nitrogens is 1. The van der Waals surface area contributed by atoms with Gasteiger partial charge in [0, 0.05) is 34.4 Å². The van der Waals surface area contributed by atoms with E-state index in [9.17, 15) is 0 Å². The molecule has 2 aromatic heterocycles. The van der Waals surface area contributed by atoms with Crippen molar-refractivity contribution in [1.82, 2.24) is 4.98 Å². The molecule has 0 aliphatic heterocycles. The van der Waals surface area contributed by atoms with Gasteiger partial charge in [0.1, 0.15) is 0 Å². The highest BCUT2D eigenvalue weighted by Gasteiger charge is 2.29. The minimum Gasteiger partial charge on any atom is -0.356 e. The summed E-state index contributed by atoms with van der Waals surface area (Å²) in [4.78, 5) is 4.92. The summed E-state index contributed by atoms with van der Waals surface area (Å²) >= 11 is 1.73. The first kappa shape index (κ1) is 19.4. The van der Waals surface area contributed by atoms with Crippen molar-refractivity contribution >= 4 is 17.0 Å². The maximum Gasteiger partial charge on any atom is 0.0644 e. The van der Waals surface area contributed by atoms with Gasteiger partial charge in [0.15, 0.2) is 0 Å². The van der Waals surface area contributed by atoms with Crippen LogP contribution in [0.5, 0.6) is 0 Å². The SMILES string of the molecule is CC(C)(C)C(=N)c1c(Cc2ccccc2)[nH]c(-c2cccs2)c1-c1ccccc1. The molecule has 0 aliphatic rings. The zero-order valence-corrected chi connectivity index (χ0v) is 17.9. The Balaban J connectivity index is 1.99. The van der Waals surface area contributed by atoms with E-state index in [4.69, 9.17) is 5.41 Å². The van der Waals surface area contributed by atoms with Crippen LogP contribution in [0.3, 0.4) is 0 Å². The molecule has 2 nitrogen and oxygen atoms in total. The fourth-order valence-electron chi connectivity index (χ4n) is 3.63. The van der Waals surface area contributed by atoms with Crippen molar-refractivity contribution in [3.63, 3.8) is 0 Å². The van der Waals surface area contributed by atoms with Crippen LogP contribution in [-0.2, 0) is 6.42 Å². The van der Waals surface area contributed by atoms with Crippen LogP contribution in [0.15, 0.2) is 78.2 Å². The van der Waals surface area contributed by atoms with Crippen LogP contribution in [0.2, 0.25) is 0 Å². The summed E-state index contributed by atoms with van der Waals surface area (Å²) in [6.45, 7) is 6.36. The minimum atomic E-state index is -0.246. The molecule has 0 fully saturated rings. The van der Waals surface area contributed by atoms with Crippen molar-refractivity contribution in [3.8, 4) is 21.7 Å². The van der Waals surface area contributed by atoms with E-state index in [-0.39, 0.29) is 5.41 Å². The number of hydrogen-bond donors (Lipinski definition) is 2. The second-order valence-corrected chi connectivity index (χ2v) is 9.31. The Morgan fingerprint density at radius 2 is 1.55 bits per heavy atom. The molecule has 29 heavy (non-hydrogen) atoms. The smallest absolute Gasteiger partial charge is 0.0644 e. The number of rotatable bonds is 5. The van der Waals surface area contributed by atoms with Gasteiger partial charge in [-0.1, -0.05) is 87.5 Å². The first-order valence-electron chi connectivity index (χ1n) is 9.92. The number of H-pyrrole nitrogens is 1. The van der Waals surface area contributed by atoms with Crippen LogP contribution in [0.4, 0.5) is 0 Å². The fourth-order valence-corrected chi connectivity index (χ4v) is 4.37. The first-order chi connectivity index (χ1) is 13.9. The zero-order valence-electron chi connectivity index (χ0n) is 17.1. The lowest BCUT2D eigenvalue weighted by atomic mass is 9.82. The monoisotopic (exact) mass is 398 g/mol. The van der Waals surface area contributed by atoms with Gasteiger partial charge in [0.25, 0.3) is 0 Å². The largest absolute Gasteiger partial charge is 0.356 e. The lowest BCUT2D eigenvalue weighted by molar-refractivity contribution is 0.588. The molecule has 0 amide bonds. The Kier molecular flexibility index (Phi) is 5.25. The molecule has 0 radical (unpaired) electrons. The van der Waals surface area contributed by atoms with E-state index in [1.54, 1.807) is 11.3 Å². The Morgan fingerprint density at radius 1 is 0.897 bits per heavy atom. The Hall–Kier alpha value is -2.91. The van der Waals surface area contributed by atoms with Crippen molar-refractivity contribution in [1.29, 1.82) is 5.41 Å². The zero-order chi connectivity index (χ0) is 20.4. The molecule has 4 aromatic rings. The summed E-state index contributed by atoms with van der Waals surface area (Å²) in [5, 5.41) is 11.2. The molecule has 2 aromatic carbocycles. The molecule has 0 atom stereocenters. The summed E-state index contributed by atoms with van der Waals surface area (Å²) in [7, 11) is 0. The highest BCUT2D eigenvalue weighted by Crippen LogP contribution is 2.41. The van der Waals surface area contributed by atoms with Gasteiger partial charge in [-0.15, -0.1) is 11.3 Å². The van der Waals surface area contributed by atoms with E-state index in [2.05, 4.69) is 91.8 Å². The van der Waals surface area contributed by atoms with Crippen LogP contribution < -0.4 is 0 Å². The summed E-state index contributed by atoms with van der Waals surface area (Å²) < 4.78 is 0. The third kappa shape index (κ3) is 3.96. The molecule has 0 aliphatic carbocycles. The maximum absolute atomic E-state index is 9.10. The molecule has 4 rings (SSSR count). The fraction of sp³-hybridized carbons (Fsp3) is 0.192. The third-order valence-electron chi connectivity index (χ3n) is 5.13. The van der Waals surface area contributed by atoms with Crippen LogP contribution in [0.25, 0.3) is 21.7 Å².